The summed E-state index contributed by atoms with van der Waals surface area (Å²) in [5, 5.41) is 13.5. The molecule has 0 radical (unpaired) electrons. The van der Waals surface area contributed by atoms with Crippen molar-refractivity contribution in [2.45, 2.75) is 33.6 Å². The third-order valence-corrected chi connectivity index (χ3v) is 5.55. The van der Waals surface area contributed by atoms with Gasteiger partial charge in [0, 0.05) is 12.1 Å². The zero-order chi connectivity index (χ0) is 23.4. The fourth-order valence-corrected chi connectivity index (χ4v) is 4.02. The molecule has 0 bridgehead atoms. The van der Waals surface area contributed by atoms with Gasteiger partial charge in [-0.3, -0.25) is 9.20 Å². The summed E-state index contributed by atoms with van der Waals surface area (Å²) in [6, 6.07) is 17.8. The number of hydrogen-bond acceptors (Lipinski definition) is 6. The molecule has 7 nitrogen and oxygen atoms in total. The highest BCUT2D eigenvalue weighted by molar-refractivity contribution is 5.87. The summed E-state index contributed by atoms with van der Waals surface area (Å²) >= 11 is 0. The molecule has 4 aromatic rings. The van der Waals surface area contributed by atoms with Gasteiger partial charge in [-0.1, -0.05) is 12.1 Å². The number of ether oxygens (including phenoxy) is 2. The zero-order valence-electron chi connectivity index (χ0n) is 19.0. The van der Waals surface area contributed by atoms with E-state index in [4.69, 9.17) is 14.5 Å². The predicted octanol–water partition coefficient (Wildman–Crippen LogP) is 5.31. The smallest absolute Gasteiger partial charge is 0.306 e. The van der Waals surface area contributed by atoms with Gasteiger partial charge in [0.05, 0.1) is 29.8 Å². The maximum absolute atomic E-state index is 12.1. The van der Waals surface area contributed by atoms with Crippen LogP contribution in [-0.2, 0) is 16.0 Å². The number of imidazole rings is 1. The fraction of sp³-hybridized carbons (Fsp3) is 0.269. The van der Waals surface area contributed by atoms with E-state index < -0.39 is 0 Å². The van der Waals surface area contributed by atoms with Gasteiger partial charge in [-0.25, -0.2) is 4.98 Å². The van der Waals surface area contributed by atoms with Crippen LogP contribution in [0.1, 0.15) is 37.0 Å². The topological polar surface area (TPSA) is 88.7 Å². The highest BCUT2D eigenvalue weighted by Gasteiger charge is 2.21. The lowest BCUT2D eigenvalue weighted by atomic mass is 10.00. The van der Waals surface area contributed by atoms with Gasteiger partial charge >= 0.3 is 5.97 Å². The second kappa shape index (κ2) is 9.61. The third kappa shape index (κ3) is 4.33. The lowest BCUT2D eigenvalue weighted by Gasteiger charge is -2.19. The van der Waals surface area contributed by atoms with Crippen LogP contribution in [0.2, 0.25) is 0 Å². The molecule has 2 aromatic heterocycles. The largest absolute Gasteiger partial charge is 0.494 e. The molecular weight excluding hydrogens is 416 g/mol. The number of nitrogens with one attached hydrogen (secondary N) is 1. The highest BCUT2D eigenvalue weighted by atomic mass is 16.5. The Balaban J connectivity index is 1.91. The van der Waals surface area contributed by atoms with Gasteiger partial charge in [0.2, 0.25) is 0 Å². The Hall–Kier alpha value is -4.05. The van der Waals surface area contributed by atoms with Gasteiger partial charge < -0.3 is 14.8 Å². The molecule has 1 N–H and O–H groups in total. The van der Waals surface area contributed by atoms with Crippen LogP contribution in [0.3, 0.4) is 0 Å². The van der Waals surface area contributed by atoms with Gasteiger partial charge in [-0.2, -0.15) is 5.26 Å². The Kier molecular flexibility index (Phi) is 6.45. The number of anilines is 2. The molecule has 0 atom stereocenters. The van der Waals surface area contributed by atoms with Crippen LogP contribution >= 0.6 is 0 Å². The molecule has 7 heteroatoms. The monoisotopic (exact) mass is 442 g/mol. The molecular formula is C26H26N4O3. The number of aromatic nitrogens is 2. The van der Waals surface area contributed by atoms with Gasteiger partial charge in [-0.15, -0.1) is 0 Å². The molecule has 168 valence electrons. The second-order valence-electron chi connectivity index (χ2n) is 7.59. The summed E-state index contributed by atoms with van der Waals surface area (Å²) < 4.78 is 12.7. The predicted molar refractivity (Wildman–Crippen MR) is 128 cm³/mol. The zero-order valence-corrected chi connectivity index (χ0v) is 19.0. The number of carbonyl (C=O) groups is 1. The molecule has 0 aliphatic carbocycles. The molecule has 0 spiro atoms. The number of para-hydroxylation sites is 2. The standard InChI is InChI=1S/C26H26N4O3/c1-4-32-19-12-10-18(11-13-19)28-25-20(14-15-24(31)33-5-2)17(3)21(16-27)26-29-22-8-6-7-9-23(22)30(25)26/h6-13,28H,4-5,14-15H2,1-3H3. The molecule has 0 aliphatic heterocycles. The SMILES string of the molecule is CCOC(=O)CCc1c(C)c(C#N)c2nc3ccccc3n2c1Nc1ccc(OCC)cc1. The quantitative estimate of drug-likeness (QED) is 0.372. The van der Waals surface area contributed by atoms with Crippen LogP contribution in [0, 0.1) is 18.3 Å². The van der Waals surface area contributed by atoms with E-state index in [1.165, 1.54) is 0 Å². The van der Waals surface area contributed by atoms with Crippen molar-refractivity contribution in [1.82, 2.24) is 9.38 Å². The van der Waals surface area contributed by atoms with E-state index in [9.17, 15) is 10.1 Å². The third-order valence-electron chi connectivity index (χ3n) is 5.55. The van der Waals surface area contributed by atoms with Crippen LogP contribution in [0.15, 0.2) is 48.5 Å². The molecule has 0 aliphatic rings. The van der Waals surface area contributed by atoms with Crippen molar-refractivity contribution in [1.29, 1.82) is 5.26 Å². The van der Waals surface area contributed by atoms with Crippen LogP contribution in [0.5, 0.6) is 5.75 Å². The van der Waals surface area contributed by atoms with Gasteiger partial charge in [-0.05, 0) is 74.7 Å². The second-order valence-corrected chi connectivity index (χ2v) is 7.59. The summed E-state index contributed by atoms with van der Waals surface area (Å²) in [7, 11) is 0. The van der Waals surface area contributed by atoms with Crippen molar-refractivity contribution in [2.24, 2.45) is 0 Å². The van der Waals surface area contributed by atoms with Crippen LogP contribution in [-0.4, -0.2) is 28.6 Å². The highest BCUT2D eigenvalue weighted by Crippen LogP contribution is 2.34. The number of fused-ring (bicyclic) bond motifs is 3. The van der Waals surface area contributed by atoms with E-state index in [2.05, 4.69) is 11.4 Å². The minimum atomic E-state index is -0.266. The summed E-state index contributed by atoms with van der Waals surface area (Å²) in [5.74, 6) is 1.31. The van der Waals surface area contributed by atoms with Crippen LogP contribution in [0.25, 0.3) is 16.7 Å². The van der Waals surface area contributed by atoms with Gasteiger partial charge in [0.25, 0.3) is 0 Å². The molecule has 0 amide bonds. The van der Waals surface area contributed by atoms with Crippen molar-refractivity contribution in [3.05, 3.63) is 65.2 Å². The molecule has 2 heterocycles. The lowest BCUT2D eigenvalue weighted by Crippen LogP contribution is -2.11. The first kappa shape index (κ1) is 22.2. The average Bonchev–Trinajstić information content (AvgIpc) is 3.19. The van der Waals surface area contributed by atoms with E-state index in [1.807, 2.05) is 66.8 Å². The number of esters is 1. The summed E-state index contributed by atoms with van der Waals surface area (Å²) in [5.41, 5.74) is 5.31. The number of carbonyl (C=O) groups excluding carboxylic acids is 1. The number of benzene rings is 2. The summed E-state index contributed by atoms with van der Waals surface area (Å²) in [4.78, 5) is 16.9. The maximum Gasteiger partial charge on any atom is 0.306 e. The number of rotatable bonds is 8. The minimum absolute atomic E-state index is 0.218. The molecule has 0 saturated carbocycles. The molecule has 0 unspecified atom stereocenters. The summed E-state index contributed by atoms with van der Waals surface area (Å²) in [6.45, 7) is 6.58. The van der Waals surface area contributed by atoms with E-state index in [-0.39, 0.29) is 12.4 Å². The average molecular weight is 443 g/mol. The number of hydrogen-bond donors (Lipinski definition) is 1. The van der Waals surface area contributed by atoms with Crippen molar-refractivity contribution < 1.29 is 14.3 Å². The molecule has 0 saturated heterocycles. The van der Waals surface area contributed by atoms with Crippen molar-refractivity contribution in [3.63, 3.8) is 0 Å². The van der Waals surface area contributed by atoms with E-state index in [0.717, 1.165) is 39.4 Å². The minimum Gasteiger partial charge on any atom is -0.494 e. The van der Waals surface area contributed by atoms with Crippen molar-refractivity contribution in [2.75, 3.05) is 18.5 Å². The Labute approximate surface area is 192 Å². The first-order valence-electron chi connectivity index (χ1n) is 11.1. The first-order chi connectivity index (χ1) is 16.1. The Morgan fingerprint density at radius 1 is 1.12 bits per heavy atom. The van der Waals surface area contributed by atoms with Crippen molar-refractivity contribution in [3.8, 4) is 11.8 Å². The normalized spacial score (nSPS) is 10.8. The lowest BCUT2D eigenvalue weighted by molar-refractivity contribution is -0.143. The number of nitrogens with zero attached hydrogens (tertiary/aromatic N) is 3. The molecule has 0 fully saturated rings. The van der Waals surface area contributed by atoms with Crippen LogP contribution < -0.4 is 10.1 Å². The van der Waals surface area contributed by atoms with E-state index in [0.29, 0.717) is 30.8 Å². The Morgan fingerprint density at radius 3 is 2.58 bits per heavy atom. The van der Waals surface area contributed by atoms with Crippen molar-refractivity contribution >= 4 is 34.2 Å². The molecule has 4 rings (SSSR count). The Morgan fingerprint density at radius 2 is 1.88 bits per heavy atom. The maximum atomic E-state index is 12.1. The first-order valence-corrected chi connectivity index (χ1v) is 11.1. The van der Waals surface area contributed by atoms with E-state index >= 15 is 0 Å². The number of pyridine rings is 1. The molecule has 33 heavy (non-hydrogen) atoms. The number of nitriles is 1. The molecule has 2 aromatic carbocycles. The van der Waals surface area contributed by atoms with Gasteiger partial charge in [0.15, 0.2) is 5.65 Å². The Bertz CT molecular complexity index is 1350. The fourth-order valence-electron chi connectivity index (χ4n) is 4.02. The van der Waals surface area contributed by atoms with Crippen LogP contribution in [0.4, 0.5) is 11.5 Å². The van der Waals surface area contributed by atoms with E-state index in [1.54, 1.807) is 6.92 Å². The van der Waals surface area contributed by atoms with Gasteiger partial charge in [0.1, 0.15) is 17.6 Å². The summed E-state index contributed by atoms with van der Waals surface area (Å²) in [6.07, 6.45) is 0.650.